The minimum absolute atomic E-state index is 0.194. The molecule has 52 heavy (non-hydrogen) atoms. The van der Waals surface area contributed by atoms with Crippen molar-refractivity contribution in [2.45, 2.75) is 38.1 Å². The fourth-order valence-electron chi connectivity index (χ4n) is 9.83. The fourth-order valence-corrected chi connectivity index (χ4v) is 9.83. The molecule has 10 rings (SSSR count). The van der Waals surface area contributed by atoms with Crippen LogP contribution in [0.15, 0.2) is 191 Å². The Morgan fingerprint density at radius 1 is 0.481 bits per heavy atom. The number of hydrogen-bond donors (Lipinski definition) is 0. The molecule has 0 aromatic heterocycles. The van der Waals surface area contributed by atoms with Crippen LogP contribution in [0.5, 0.6) is 0 Å². The third-order valence-corrected chi connectivity index (χ3v) is 12.3. The molecule has 0 amide bonds. The van der Waals surface area contributed by atoms with Crippen molar-refractivity contribution in [1.82, 2.24) is 0 Å². The van der Waals surface area contributed by atoms with Crippen molar-refractivity contribution in [3.8, 4) is 0 Å². The molecule has 3 aromatic carbocycles. The lowest BCUT2D eigenvalue weighted by Crippen LogP contribution is -2.43. The molecule has 0 saturated heterocycles. The molecule has 0 radical (unpaired) electrons. The van der Waals surface area contributed by atoms with Gasteiger partial charge in [-0.25, -0.2) is 0 Å². The molecule has 1 heteroatoms. The summed E-state index contributed by atoms with van der Waals surface area (Å²) in [5.41, 5.74) is 13.1. The first-order chi connectivity index (χ1) is 25.8. The largest absolute Gasteiger partial charge is 0.285 e. The van der Waals surface area contributed by atoms with Crippen LogP contribution < -0.4 is 20.9 Å². The normalized spacial score (nSPS) is 26.9. The van der Waals surface area contributed by atoms with E-state index in [-0.39, 0.29) is 6.04 Å². The zero-order valence-corrected chi connectivity index (χ0v) is 29.5. The predicted molar refractivity (Wildman–Crippen MR) is 218 cm³/mol. The highest BCUT2D eigenvalue weighted by Crippen LogP contribution is 2.44. The minimum atomic E-state index is 0.194. The SMILES string of the molecule is C1=CC2C=CC(C3CC(C4=CC=C(C5=c6ccccc6=C(C6=c7ccccc7=C(c7ccccc7)CC6)C6C=CC=CC56)CC4)=CC=N3)=CC2C=C1. The van der Waals surface area contributed by atoms with Crippen LogP contribution >= 0.6 is 0 Å². The van der Waals surface area contributed by atoms with Crippen molar-refractivity contribution in [3.63, 3.8) is 0 Å². The van der Waals surface area contributed by atoms with Crippen molar-refractivity contribution in [1.29, 1.82) is 0 Å². The van der Waals surface area contributed by atoms with Gasteiger partial charge in [0.2, 0.25) is 0 Å². The van der Waals surface area contributed by atoms with Crippen LogP contribution in [0, 0.1) is 23.7 Å². The summed E-state index contributed by atoms with van der Waals surface area (Å²) >= 11 is 0. The van der Waals surface area contributed by atoms with Gasteiger partial charge in [0, 0.05) is 29.9 Å². The lowest BCUT2D eigenvalue weighted by Gasteiger charge is -2.36. The molecule has 1 heterocycles. The van der Waals surface area contributed by atoms with E-state index >= 15 is 0 Å². The van der Waals surface area contributed by atoms with E-state index in [0.717, 1.165) is 32.1 Å². The van der Waals surface area contributed by atoms with Gasteiger partial charge in [0.15, 0.2) is 0 Å². The Morgan fingerprint density at radius 3 is 1.87 bits per heavy atom. The number of aliphatic imine (C=N–C) groups is 1. The van der Waals surface area contributed by atoms with Gasteiger partial charge < -0.3 is 0 Å². The number of hydrogen-bond acceptors (Lipinski definition) is 1. The zero-order valence-electron chi connectivity index (χ0n) is 29.5. The van der Waals surface area contributed by atoms with Gasteiger partial charge in [0.25, 0.3) is 0 Å². The summed E-state index contributed by atoms with van der Waals surface area (Å²) < 4.78 is 0. The maximum absolute atomic E-state index is 4.94. The zero-order chi connectivity index (χ0) is 34.4. The summed E-state index contributed by atoms with van der Waals surface area (Å²) in [4.78, 5) is 4.94. The maximum Gasteiger partial charge on any atom is 0.0786 e. The molecule has 0 bridgehead atoms. The number of nitrogens with zero attached hydrogens (tertiary/aromatic N) is 1. The van der Waals surface area contributed by atoms with Crippen molar-refractivity contribution in [3.05, 3.63) is 213 Å². The highest BCUT2D eigenvalue weighted by atomic mass is 14.8. The van der Waals surface area contributed by atoms with E-state index in [0.29, 0.717) is 23.7 Å². The van der Waals surface area contributed by atoms with Gasteiger partial charge in [-0.1, -0.05) is 158 Å². The third kappa shape index (κ3) is 5.42. The van der Waals surface area contributed by atoms with Crippen LogP contribution in [0.3, 0.4) is 0 Å². The molecule has 0 N–H and O–H groups in total. The van der Waals surface area contributed by atoms with Crippen LogP contribution in [0.1, 0.15) is 37.7 Å². The molecule has 0 fully saturated rings. The number of fused-ring (bicyclic) bond motifs is 4. The smallest absolute Gasteiger partial charge is 0.0786 e. The van der Waals surface area contributed by atoms with Gasteiger partial charge >= 0.3 is 0 Å². The Balaban J connectivity index is 1.06. The first kappa shape index (κ1) is 31.2. The maximum atomic E-state index is 4.94. The molecule has 1 aliphatic heterocycles. The van der Waals surface area contributed by atoms with Crippen LogP contribution in [-0.4, -0.2) is 12.3 Å². The van der Waals surface area contributed by atoms with E-state index in [1.807, 2.05) is 0 Å². The first-order valence-corrected chi connectivity index (χ1v) is 19.2. The summed E-state index contributed by atoms with van der Waals surface area (Å²) in [6.45, 7) is 0. The minimum Gasteiger partial charge on any atom is -0.285 e. The molecule has 252 valence electrons. The molecule has 3 aromatic rings. The lowest BCUT2D eigenvalue weighted by atomic mass is 9.67. The molecule has 0 saturated carbocycles. The molecule has 0 spiro atoms. The number of allylic oxidation sites excluding steroid dienone is 15. The van der Waals surface area contributed by atoms with Gasteiger partial charge in [0.05, 0.1) is 6.04 Å². The van der Waals surface area contributed by atoms with E-state index in [1.165, 1.54) is 71.0 Å². The Labute approximate surface area is 306 Å². The summed E-state index contributed by atoms with van der Waals surface area (Å²) in [5.74, 6) is 1.56. The molecule has 5 atom stereocenters. The third-order valence-electron chi connectivity index (χ3n) is 12.3. The van der Waals surface area contributed by atoms with Crippen LogP contribution in [-0.2, 0) is 0 Å². The Hall–Kier alpha value is -5.53. The Morgan fingerprint density at radius 2 is 1.10 bits per heavy atom. The fraction of sp³-hybridized carbons (Fsp3) is 0.196. The Kier molecular flexibility index (Phi) is 7.94. The average Bonchev–Trinajstić information content (AvgIpc) is 3.23. The van der Waals surface area contributed by atoms with E-state index in [2.05, 4.69) is 170 Å². The lowest BCUT2D eigenvalue weighted by molar-refractivity contribution is 0.637. The molecule has 7 aliphatic rings. The second-order valence-corrected chi connectivity index (χ2v) is 15.1. The molecule has 5 unspecified atom stereocenters. The quantitative estimate of drug-likeness (QED) is 0.259. The number of dihydropyridines is 1. The second-order valence-electron chi connectivity index (χ2n) is 15.1. The van der Waals surface area contributed by atoms with Gasteiger partial charge in [-0.05, 0) is 109 Å². The van der Waals surface area contributed by atoms with Crippen molar-refractivity contribution < 1.29 is 0 Å². The molecule has 1 nitrogen and oxygen atoms in total. The summed E-state index contributed by atoms with van der Waals surface area (Å²) in [5, 5.41) is 5.62. The van der Waals surface area contributed by atoms with Gasteiger partial charge in [-0.3, -0.25) is 4.99 Å². The monoisotopic (exact) mass is 669 g/mol. The topological polar surface area (TPSA) is 12.4 Å². The predicted octanol–water partition coefficient (Wildman–Crippen LogP) is 8.47. The first-order valence-electron chi connectivity index (χ1n) is 19.2. The molecule has 6 aliphatic carbocycles. The average molecular weight is 670 g/mol. The highest BCUT2D eigenvalue weighted by molar-refractivity contribution is 5.95. The van der Waals surface area contributed by atoms with Gasteiger partial charge in [-0.2, -0.15) is 0 Å². The summed E-state index contributed by atoms with van der Waals surface area (Å²) in [6, 6.07) is 29.6. The van der Waals surface area contributed by atoms with Crippen LogP contribution in [0.2, 0.25) is 0 Å². The van der Waals surface area contributed by atoms with Crippen LogP contribution in [0.4, 0.5) is 0 Å². The standard InChI is InChI=1S/C51H43N/c1-2-13-36(14-3-1)41-28-29-48(43-17-7-6-16-42(41)43)51-46-20-10-8-18-44(46)50(45-19-9-11-21-47(45)51)37-25-22-35(23-26-37)39-30-31-52-49(33-39)40-27-24-34-12-4-5-15-38(34)32-40/h1-22,24-25,27,30-32,34,38,44,46,49H,23,26,28-29,33H2. The molecular formula is C51H43N. The second kappa shape index (κ2) is 13.2. The van der Waals surface area contributed by atoms with Crippen LogP contribution in [0.25, 0.3) is 22.3 Å². The van der Waals surface area contributed by atoms with E-state index in [9.17, 15) is 0 Å². The number of rotatable bonds is 5. The number of benzene rings is 3. The molecular weight excluding hydrogens is 627 g/mol. The summed E-state index contributed by atoms with van der Waals surface area (Å²) in [6.07, 6.45) is 40.0. The van der Waals surface area contributed by atoms with Gasteiger partial charge in [0.1, 0.15) is 0 Å². The Bertz CT molecular complexity index is 2550. The van der Waals surface area contributed by atoms with Crippen molar-refractivity contribution >= 4 is 28.5 Å². The highest BCUT2D eigenvalue weighted by Gasteiger charge is 2.34. The van der Waals surface area contributed by atoms with Crippen molar-refractivity contribution in [2.24, 2.45) is 28.7 Å². The van der Waals surface area contributed by atoms with E-state index < -0.39 is 0 Å². The van der Waals surface area contributed by atoms with E-state index in [4.69, 9.17) is 4.99 Å². The summed E-state index contributed by atoms with van der Waals surface area (Å²) in [7, 11) is 0. The van der Waals surface area contributed by atoms with Crippen molar-refractivity contribution in [2.75, 3.05) is 0 Å². The van der Waals surface area contributed by atoms with E-state index in [1.54, 1.807) is 0 Å². The van der Waals surface area contributed by atoms with Gasteiger partial charge in [-0.15, -0.1) is 0 Å².